The predicted molar refractivity (Wildman–Crippen MR) is 71.8 cm³/mol. The molecule has 0 saturated carbocycles. The van der Waals surface area contributed by atoms with Crippen molar-refractivity contribution in [1.82, 2.24) is 10.2 Å². The molecule has 0 aromatic rings. The number of carbonyl (C=O) groups excluding carboxylic acids is 1. The number of carboxylic acids is 1. The molecular weight excluding hydrogens is 272 g/mol. The van der Waals surface area contributed by atoms with Gasteiger partial charge in [0.25, 0.3) is 0 Å². The number of aliphatic carboxylic acids is 1. The molecule has 2 N–H and O–H groups in total. The fraction of sp³-hybridized carbons (Fsp3) is 0.818. The topological polar surface area (TPSA) is 104 Å². The Kier molecular flexibility index (Phi) is 8.13. The van der Waals surface area contributed by atoms with E-state index in [0.717, 1.165) is 12.7 Å². The van der Waals surface area contributed by atoms with Crippen LogP contribution in [0.5, 0.6) is 0 Å². The third kappa shape index (κ3) is 11.5. The van der Waals surface area contributed by atoms with Crippen molar-refractivity contribution in [2.75, 3.05) is 32.1 Å². The molecular formula is C11H22N2O5S. The molecule has 0 saturated heterocycles. The first-order chi connectivity index (χ1) is 8.72. The van der Waals surface area contributed by atoms with Gasteiger partial charge < -0.3 is 15.3 Å². The maximum Gasteiger partial charge on any atom is 0.317 e. The largest absolute Gasteiger partial charge is 0.481 e. The third-order valence-electron chi connectivity index (χ3n) is 2.49. The SMILES string of the molecule is CN(CCS(C)(=O)=O)C(=O)NCCCCCC(=O)O. The highest BCUT2D eigenvalue weighted by atomic mass is 32.2. The van der Waals surface area contributed by atoms with Crippen LogP contribution < -0.4 is 5.32 Å². The van der Waals surface area contributed by atoms with Crippen LogP contribution in [0.3, 0.4) is 0 Å². The number of carboxylic acid groups (broad SMARTS) is 1. The molecule has 0 aliphatic rings. The number of carbonyl (C=O) groups is 2. The van der Waals surface area contributed by atoms with Crippen molar-refractivity contribution in [2.24, 2.45) is 0 Å². The third-order valence-corrected chi connectivity index (χ3v) is 3.41. The minimum Gasteiger partial charge on any atom is -0.481 e. The molecule has 0 aromatic carbocycles. The zero-order chi connectivity index (χ0) is 14.9. The van der Waals surface area contributed by atoms with Gasteiger partial charge in [0, 0.05) is 32.8 Å². The number of nitrogens with one attached hydrogen (secondary N) is 1. The molecule has 0 heterocycles. The summed E-state index contributed by atoms with van der Waals surface area (Å²) in [6, 6.07) is -0.318. The van der Waals surface area contributed by atoms with Crippen molar-refractivity contribution < 1.29 is 23.1 Å². The van der Waals surface area contributed by atoms with Gasteiger partial charge in [0.1, 0.15) is 9.84 Å². The molecule has 0 aromatic heterocycles. The summed E-state index contributed by atoms with van der Waals surface area (Å²) in [6.45, 7) is 0.616. The lowest BCUT2D eigenvalue weighted by molar-refractivity contribution is -0.137. The Bertz CT molecular complexity index is 394. The average molecular weight is 294 g/mol. The molecule has 112 valence electrons. The molecule has 0 radical (unpaired) electrons. The second-order valence-corrected chi connectivity index (χ2v) is 6.75. The standard InChI is InChI=1S/C11H22N2O5S/c1-13(8-9-19(2,17)18)11(16)12-7-5-3-4-6-10(14)15/h3-9H2,1-2H3,(H,12,16)(H,14,15). The van der Waals surface area contributed by atoms with Gasteiger partial charge in [-0.25, -0.2) is 13.2 Å². The smallest absolute Gasteiger partial charge is 0.317 e. The van der Waals surface area contributed by atoms with E-state index < -0.39 is 15.8 Å². The van der Waals surface area contributed by atoms with Crippen LogP contribution in [0, 0.1) is 0 Å². The lowest BCUT2D eigenvalue weighted by Gasteiger charge is -2.17. The van der Waals surface area contributed by atoms with E-state index in [9.17, 15) is 18.0 Å². The lowest BCUT2D eigenvalue weighted by Crippen LogP contribution is -2.39. The van der Waals surface area contributed by atoms with Crippen LogP contribution >= 0.6 is 0 Å². The van der Waals surface area contributed by atoms with E-state index in [1.165, 1.54) is 11.9 Å². The number of unbranched alkanes of at least 4 members (excludes halogenated alkanes) is 2. The highest BCUT2D eigenvalue weighted by Gasteiger charge is 2.10. The monoisotopic (exact) mass is 294 g/mol. The van der Waals surface area contributed by atoms with Crippen LogP contribution in [0.1, 0.15) is 25.7 Å². The summed E-state index contributed by atoms with van der Waals surface area (Å²) in [6.07, 6.45) is 3.30. The molecule has 7 nitrogen and oxygen atoms in total. The average Bonchev–Trinajstić information content (AvgIpc) is 2.28. The fourth-order valence-corrected chi connectivity index (χ4v) is 1.92. The first kappa shape index (κ1) is 17.7. The molecule has 0 atom stereocenters. The van der Waals surface area contributed by atoms with Gasteiger partial charge in [0.2, 0.25) is 0 Å². The first-order valence-electron chi connectivity index (χ1n) is 6.11. The van der Waals surface area contributed by atoms with Crippen LogP contribution in [0.15, 0.2) is 0 Å². The molecule has 0 bridgehead atoms. The molecule has 8 heteroatoms. The van der Waals surface area contributed by atoms with Crippen molar-refractivity contribution in [3.63, 3.8) is 0 Å². The summed E-state index contributed by atoms with van der Waals surface area (Å²) >= 11 is 0. The zero-order valence-corrected chi connectivity index (χ0v) is 12.2. The van der Waals surface area contributed by atoms with Crippen LogP contribution in [0.2, 0.25) is 0 Å². The minimum atomic E-state index is -3.07. The Morgan fingerprint density at radius 1 is 1.21 bits per heavy atom. The van der Waals surface area contributed by atoms with Gasteiger partial charge in [-0.1, -0.05) is 6.42 Å². The van der Waals surface area contributed by atoms with Gasteiger partial charge >= 0.3 is 12.0 Å². The second kappa shape index (κ2) is 8.73. The Hall–Kier alpha value is -1.31. The summed E-state index contributed by atoms with van der Waals surface area (Å²) in [5, 5.41) is 11.1. The minimum absolute atomic E-state index is 0.0600. The summed E-state index contributed by atoms with van der Waals surface area (Å²) < 4.78 is 21.9. The van der Waals surface area contributed by atoms with Crippen molar-refractivity contribution in [3.05, 3.63) is 0 Å². The molecule has 0 aliphatic heterocycles. The maximum atomic E-state index is 11.5. The predicted octanol–water partition coefficient (Wildman–Crippen LogP) is 0.317. The highest BCUT2D eigenvalue weighted by molar-refractivity contribution is 7.90. The molecule has 0 aliphatic carbocycles. The Balaban J connectivity index is 3.65. The zero-order valence-electron chi connectivity index (χ0n) is 11.4. The van der Waals surface area contributed by atoms with Gasteiger partial charge in [-0.15, -0.1) is 0 Å². The van der Waals surface area contributed by atoms with E-state index >= 15 is 0 Å². The summed E-state index contributed by atoms with van der Waals surface area (Å²) in [5.74, 6) is -0.875. The highest BCUT2D eigenvalue weighted by Crippen LogP contribution is 1.98. The molecule has 19 heavy (non-hydrogen) atoms. The van der Waals surface area contributed by atoms with Gasteiger partial charge in [-0.05, 0) is 12.8 Å². The number of nitrogens with zero attached hydrogens (tertiary/aromatic N) is 1. The molecule has 0 spiro atoms. The van der Waals surface area contributed by atoms with Crippen LogP contribution in [-0.4, -0.2) is 62.6 Å². The van der Waals surface area contributed by atoms with Crippen LogP contribution in [-0.2, 0) is 14.6 Å². The lowest BCUT2D eigenvalue weighted by atomic mass is 10.2. The normalized spacial score (nSPS) is 11.1. The van der Waals surface area contributed by atoms with Crippen molar-refractivity contribution in [3.8, 4) is 0 Å². The fourth-order valence-electron chi connectivity index (χ4n) is 1.31. The van der Waals surface area contributed by atoms with E-state index in [1.54, 1.807) is 0 Å². The maximum absolute atomic E-state index is 11.5. The van der Waals surface area contributed by atoms with Gasteiger partial charge in [0.15, 0.2) is 0 Å². The van der Waals surface area contributed by atoms with E-state index in [4.69, 9.17) is 5.11 Å². The summed E-state index contributed by atoms with van der Waals surface area (Å²) in [7, 11) is -1.54. The van der Waals surface area contributed by atoms with Crippen molar-refractivity contribution in [2.45, 2.75) is 25.7 Å². The number of hydrogen-bond acceptors (Lipinski definition) is 4. The molecule has 2 amide bonds. The van der Waals surface area contributed by atoms with E-state index in [0.29, 0.717) is 19.4 Å². The van der Waals surface area contributed by atoms with Gasteiger partial charge in [-0.2, -0.15) is 0 Å². The number of rotatable bonds is 9. The van der Waals surface area contributed by atoms with E-state index in [-0.39, 0.29) is 24.7 Å². The first-order valence-corrected chi connectivity index (χ1v) is 8.17. The van der Waals surface area contributed by atoms with E-state index in [1.807, 2.05) is 0 Å². The van der Waals surface area contributed by atoms with Crippen molar-refractivity contribution >= 4 is 21.8 Å². The number of sulfone groups is 1. The Morgan fingerprint density at radius 3 is 2.37 bits per heavy atom. The number of amides is 2. The quantitative estimate of drug-likeness (QED) is 0.596. The van der Waals surface area contributed by atoms with Crippen molar-refractivity contribution in [1.29, 1.82) is 0 Å². The van der Waals surface area contributed by atoms with Gasteiger partial charge in [0.05, 0.1) is 5.75 Å². The second-order valence-electron chi connectivity index (χ2n) is 4.49. The molecule has 0 rings (SSSR count). The van der Waals surface area contributed by atoms with E-state index in [2.05, 4.69) is 5.32 Å². The summed E-state index contributed by atoms with van der Waals surface area (Å²) in [5.41, 5.74) is 0. The molecule has 0 fully saturated rings. The van der Waals surface area contributed by atoms with Gasteiger partial charge in [-0.3, -0.25) is 4.79 Å². The molecule has 0 unspecified atom stereocenters. The number of hydrogen-bond donors (Lipinski definition) is 2. The van der Waals surface area contributed by atoms with Crippen LogP contribution in [0.25, 0.3) is 0 Å². The summed E-state index contributed by atoms with van der Waals surface area (Å²) in [4.78, 5) is 23.1. The van der Waals surface area contributed by atoms with Crippen LogP contribution in [0.4, 0.5) is 4.79 Å². The Labute approximate surface area is 113 Å². The number of urea groups is 1. The Morgan fingerprint density at radius 2 is 1.84 bits per heavy atom.